The number of carboxylic acid groups (broad SMARTS) is 1. The zero-order valence-corrected chi connectivity index (χ0v) is 7.59. The van der Waals surface area contributed by atoms with Crippen molar-refractivity contribution in [1.29, 1.82) is 0 Å². The molecule has 0 aliphatic rings. The molecule has 0 bridgehead atoms. The van der Waals surface area contributed by atoms with Crippen LogP contribution in [0.2, 0.25) is 0 Å². The standard InChI is InChI=1S/C8H17NO2/c1-5(7(10)11)8(3,4)6(2)9/h5-6H,9H2,1-4H3,(H,10,11). The molecule has 0 radical (unpaired) electrons. The summed E-state index contributed by atoms with van der Waals surface area (Å²) in [6.45, 7) is 7.26. The molecule has 11 heavy (non-hydrogen) atoms. The van der Waals surface area contributed by atoms with Crippen LogP contribution < -0.4 is 5.73 Å². The third kappa shape index (κ3) is 2.19. The van der Waals surface area contributed by atoms with E-state index in [1.54, 1.807) is 6.92 Å². The van der Waals surface area contributed by atoms with Crippen molar-refractivity contribution in [2.45, 2.75) is 33.7 Å². The Labute approximate surface area is 67.6 Å². The van der Waals surface area contributed by atoms with Crippen LogP contribution in [0, 0.1) is 11.3 Å². The second-order valence-electron chi connectivity index (χ2n) is 3.67. The van der Waals surface area contributed by atoms with Gasteiger partial charge in [-0.3, -0.25) is 4.79 Å². The van der Waals surface area contributed by atoms with Gasteiger partial charge in [-0.2, -0.15) is 0 Å². The fraction of sp³-hybridized carbons (Fsp3) is 0.875. The van der Waals surface area contributed by atoms with Crippen molar-refractivity contribution in [3.63, 3.8) is 0 Å². The lowest BCUT2D eigenvalue weighted by Crippen LogP contribution is -2.42. The zero-order valence-electron chi connectivity index (χ0n) is 7.59. The van der Waals surface area contributed by atoms with Crippen LogP contribution in [0.5, 0.6) is 0 Å². The molecule has 0 saturated carbocycles. The van der Waals surface area contributed by atoms with Gasteiger partial charge in [-0.15, -0.1) is 0 Å². The molecule has 2 unspecified atom stereocenters. The highest BCUT2D eigenvalue weighted by Crippen LogP contribution is 2.29. The van der Waals surface area contributed by atoms with E-state index < -0.39 is 11.9 Å². The Kier molecular flexibility index (Phi) is 3.05. The molecule has 0 fully saturated rings. The molecular weight excluding hydrogens is 142 g/mol. The van der Waals surface area contributed by atoms with E-state index in [9.17, 15) is 4.79 Å². The van der Waals surface area contributed by atoms with Gasteiger partial charge >= 0.3 is 5.97 Å². The molecule has 2 atom stereocenters. The van der Waals surface area contributed by atoms with E-state index in [1.807, 2.05) is 20.8 Å². The van der Waals surface area contributed by atoms with Crippen molar-refractivity contribution in [3.8, 4) is 0 Å². The summed E-state index contributed by atoms with van der Waals surface area (Å²) < 4.78 is 0. The van der Waals surface area contributed by atoms with Crippen LogP contribution in [0.3, 0.4) is 0 Å². The van der Waals surface area contributed by atoms with Crippen LogP contribution >= 0.6 is 0 Å². The van der Waals surface area contributed by atoms with Crippen LogP contribution in [0.25, 0.3) is 0 Å². The van der Waals surface area contributed by atoms with Gasteiger partial charge in [-0.1, -0.05) is 20.8 Å². The van der Waals surface area contributed by atoms with E-state index in [-0.39, 0.29) is 11.5 Å². The first-order valence-corrected chi connectivity index (χ1v) is 3.78. The minimum absolute atomic E-state index is 0.103. The van der Waals surface area contributed by atoms with Gasteiger partial charge in [0, 0.05) is 6.04 Å². The monoisotopic (exact) mass is 159 g/mol. The third-order valence-electron chi connectivity index (χ3n) is 2.66. The molecule has 3 heteroatoms. The summed E-state index contributed by atoms with van der Waals surface area (Å²) >= 11 is 0. The van der Waals surface area contributed by atoms with Gasteiger partial charge in [0.2, 0.25) is 0 Å². The Bertz CT molecular complexity index is 152. The maximum absolute atomic E-state index is 10.6. The van der Waals surface area contributed by atoms with E-state index in [2.05, 4.69) is 0 Å². The molecule has 0 aromatic rings. The van der Waals surface area contributed by atoms with Crippen molar-refractivity contribution < 1.29 is 9.90 Å². The summed E-state index contributed by atoms with van der Waals surface area (Å²) in [5.74, 6) is -1.19. The van der Waals surface area contributed by atoms with Crippen LogP contribution in [0.4, 0.5) is 0 Å². The maximum atomic E-state index is 10.6. The molecule has 0 heterocycles. The normalized spacial score (nSPS) is 17.5. The highest BCUT2D eigenvalue weighted by Gasteiger charge is 2.34. The first-order valence-electron chi connectivity index (χ1n) is 3.78. The molecule has 3 nitrogen and oxygen atoms in total. The van der Waals surface area contributed by atoms with E-state index in [0.29, 0.717) is 0 Å². The van der Waals surface area contributed by atoms with Crippen LogP contribution in [0.15, 0.2) is 0 Å². The smallest absolute Gasteiger partial charge is 0.306 e. The predicted octanol–water partition coefficient (Wildman–Crippen LogP) is 1.08. The summed E-state index contributed by atoms with van der Waals surface area (Å²) in [5, 5.41) is 8.71. The lowest BCUT2D eigenvalue weighted by atomic mass is 9.75. The Morgan fingerprint density at radius 1 is 1.45 bits per heavy atom. The van der Waals surface area contributed by atoms with Crippen molar-refractivity contribution in [2.75, 3.05) is 0 Å². The van der Waals surface area contributed by atoms with Gasteiger partial charge in [0.25, 0.3) is 0 Å². The van der Waals surface area contributed by atoms with Crippen LogP contribution in [-0.2, 0) is 4.79 Å². The molecule has 0 aliphatic carbocycles. The fourth-order valence-electron chi connectivity index (χ4n) is 0.713. The first-order chi connectivity index (χ1) is 4.80. The summed E-state index contributed by atoms with van der Waals surface area (Å²) in [6, 6.07) is -0.103. The van der Waals surface area contributed by atoms with Gasteiger partial charge < -0.3 is 10.8 Å². The largest absolute Gasteiger partial charge is 0.481 e. The molecule has 0 aromatic heterocycles. The highest BCUT2D eigenvalue weighted by atomic mass is 16.4. The lowest BCUT2D eigenvalue weighted by molar-refractivity contribution is -0.145. The SMILES string of the molecule is CC(N)C(C)(C)C(C)C(=O)O. The lowest BCUT2D eigenvalue weighted by Gasteiger charge is -2.32. The average molecular weight is 159 g/mol. The minimum Gasteiger partial charge on any atom is -0.481 e. The summed E-state index contributed by atoms with van der Waals surface area (Å²) in [6.07, 6.45) is 0. The quantitative estimate of drug-likeness (QED) is 0.647. The second-order valence-corrected chi connectivity index (χ2v) is 3.67. The van der Waals surface area contributed by atoms with Crippen LogP contribution in [-0.4, -0.2) is 17.1 Å². The predicted molar refractivity (Wildman–Crippen MR) is 44.2 cm³/mol. The number of nitrogens with two attached hydrogens (primary N) is 1. The number of aliphatic carboxylic acids is 1. The van der Waals surface area contributed by atoms with E-state index in [4.69, 9.17) is 10.8 Å². The molecule has 0 saturated heterocycles. The van der Waals surface area contributed by atoms with Crippen molar-refractivity contribution in [1.82, 2.24) is 0 Å². The Balaban J connectivity index is 4.41. The topological polar surface area (TPSA) is 63.3 Å². The van der Waals surface area contributed by atoms with Crippen molar-refractivity contribution in [3.05, 3.63) is 0 Å². The molecule has 0 aromatic carbocycles. The first kappa shape index (κ1) is 10.4. The molecule has 0 spiro atoms. The maximum Gasteiger partial charge on any atom is 0.306 e. The molecule has 0 rings (SSSR count). The number of hydrogen-bond donors (Lipinski definition) is 2. The average Bonchev–Trinajstić information content (AvgIpc) is 1.85. The molecule has 66 valence electrons. The number of hydrogen-bond acceptors (Lipinski definition) is 2. The van der Waals surface area contributed by atoms with Crippen molar-refractivity contribution >= 4 is 5.97 Å². The summed E-state index contributed by atoms with van der Waals surface area (Å²) in [4.78, 5) is 10.6. The Hall–Kier alpha value is -0.570. The summed E-state index contributed by atoms with van der Waals surface area (Å²) in [7, 11) is 0. The number of carboxylic acids is 1. The van der Waals surface area contributed by atoms with Gasteiger partial charge in [0.1, 0.15) is 0 Å². The van der Waals surface area contributed by atoms with Crippen molar-refractivity contribution in [2.24, 2.45) is 17.1 Å². The Morgan fingerprint density at radius 3 is 1.91 bits per heavy atom. The molecule has 0 amide bonds. The van der Waals surface area contributed by atoms with Crippen LogP contribution in [0.1, 0.15) is 27.7 Å². The third-order valence-corrected chi connectivity index (χ3v) is 2.66. The minimum atomic E-state index is -0.785. The molecular formula is C8H17NO2. The molecule has 0 aliphatic heterocycles. The van der Waals surface area contributed by atoms with Gasteiger partial charge in [-0.05, 0) is 12.3 Å². The number of carbonyl (C=O) groups is 1. The van der Waals surface area contributed by atoms with E-state index in [0.717, 1.165) is 0 Å². The van der Waals surface area contributed by atoms with E-state index >= 15 is 0 Å². The Morgan fingerprint density at radius 2 is 1.82 bits per heavy atom. The van der Waals surface area contributed by atoms with Gasteiger partial charge in [0.05, 0.1) is 5.92 Å². The number of rotatable bonds is 3. The molecule has 3 N–H and O–H groups in total. The van der Waals surface area contributed by atoms with Gasteiger partial charge in [0.15, 0.2) is 0 Å². The van der Waals surface area contributed by atoms with E-state index in [1.165, 1.54) is 0 Å². The summed E-state index contributed by atoms with van der Waals surface area (Å²) in [5.41, 5.74) is 5.30. The highest BCUT2D eigenvalue weighted by molar-refractivity contribution is 5.70. The van der Waals surface area contributed by atoms with Gasteiger partial charge in [-0.25, -0.2) is 0 Å². The zero-order chi connectivity index (χ0) is 9.23. The fourth-order valence-corrected chi connectivity index (χ4v) is 0.713. The second kappa shape index (κ2) is 3.22.